The molecule has 0 unspecified atom stereocenters. The minimum absolute atomic E-state index is 0.282. The highest BCUT2D eigenvalue weighted by molar-refractivity contribution is 6.30. The molecule has 0 aliphatic rings. The second-order valence-electron chi connectivity index (χ2n) is 4.63. The Morgan fingerprint density at radius 2 is 1.95 bits per heavy atom. The number of aromatic nitrogens is 2. The van der Waals surface area contributed by atoms with Gasteiger partial charge in [-0.25, -0.2) is 4.98 Å². The van der Waals surface area contributed by atoms with Crippen molar-refractivity contribution in [3.63, 3.8) is 0 Å². The molecule has 0 aliphatic heterocycles. The number of rotatable bonds is 2. The summed E-state index contributed by atoms with van der Waals surface area (Å²) in [6.07, 6.45) is 1.79. The Labute approximate surface area is 116 Å². The summed E-state index contributed by atoms with van der Waals surface area (Å²) in [5.41, 5.74) is 3.84. The Morgan fingerprint density at radius 1 is 1.21 bits per heavy atom. The van der Waals surface area contributed by atoms with Crippen LogP contribution in [0.25, 0.3) is 11.0 Å². The quantitative estimate of drug-likeness (QED) is 0.771. The van der Waals surface area contributed by atoms with Crippen molar-refractivity contribution in [3.8, 4) is 5.75 Å². The van der Waals surface area contributed by atoms with E-state index in [1.165, 1.54) is 0 Å². The van der Waals surface area contributed by atoms with Gasteiger partial charge >= 0.3 is 0 Å². The van der Waals surface area contributed by atoms with Crippen molar-refractivity contribution in [1.82, 2.24) is 9.55 Å². The maximum Gasteiger partial charge on any atom is 0.120 e. The van der Waals surface area contributed by atoms with Crippen LogP contribution >= 0.6 is 11.6 Å². The number of hydrogen-bond acceptors (Lipinski definition) is 2. The molecule has 0 fully saturated rings. The van der Waals surface area contributed by atoms with Crippen LogP contribution in [-0.2, 0) is 6.54 Å². The number of fused-ring (bicyclic) bond motifs is 1. The Hall–Kier alpha value is -2.00. The lowest BCUT2D eigenvalue weighted by atomic mass is 10.2. The van der Waals surface area contributed by atoms with Crippen molar-refractivity contribution in [1.29, 1.82) is 0 Å². The molecular weight excluding hydrogens is 260 g/mol. The molecule has 3 aromatic rings. The first-order valence-corrected chi connectivity index (χ1v) is 6.40. The van der Waals surface area contributed by atoms with E-state index in [1.54, 1.807) is 12.4 Å². The van der Waals surface area contributed by atoms with E-state index in [0.29, 0.717) is 0 Å². The number of phenolic OH excluding ortho intramolecular Hbond substituents is 1. The van der Waals surface area contributed by atoms with Gasteiger partial charge in [0.1, 0.15) is 5.75 Å². The summed E-state index contributed by atoms with van der Waals surface area (Å²) in [6, 6.07) is 11.4. The summed E-state index contributed by atoms with van der Waals surface area (Å²) >= 11 is 5.88. The molecule has 0 radical (unpaired) electrons. The minimum atomic E-state index is 0.282. The largest absolute Gasteiger partial charge is 0.508 e. The number of halogens is 1. The number of benzene rings is 2. The fourth-order valence-electron chi connectivity index (χ4n) is 2.11. The molecule has 0 spiro atoms. The molecule has 0 bridgehead atoms. The van der Waals surface area contributed by atoms with Crippen molar-refractivity contribution in [3.05, 3.63) is 58.9 Å². The molecule has 19 heavy (non-hydrogen) atoms. The lowest BCUT2D eigenvalue weighted by Gasteiger charge is -2.06. The Morgan fingerprint density at radius 3 is 2.68 bits per heavy atom. The molecule has 1 N–H and O–H groups in total. The lowest BCUT2D eigenvalue weighted by molar-refractivity contribution is 0.472. The standard InChI is InChI=1S/C15H13ClN2O/c1-10-6-14-13(7-15(10)19)17-9-18(14)8-11-2-4-12(16)5-3-11/h2-7,9,19H,8H2,1H3. The highest BCUT2D eigenvalue weighted by atomic mass is 35.5. The summed E-state index contributed by atoms with van der Waals surface area (Å²) in [5, 5.41) is 10.4. The number of aryl methyl sites for hydroxylation is 1. The Balaban J connectivity index is 2.01. The molecule has 1 aromatic heterocycles. The SMILES string of the molecule is Cc1cc2c(cc1O)ncn2Cc1ccc(Cl)cc1. The lowest BCUT2D eigenvalue weighted by Crippen LogP contribution is -1.97. The number of imidazole rings is 1. The second-order valence-corrected chi connectivity index (χ2v) is 5.06. The van der Waals surface area contributed by atoms with Crippen molar-refractivity contribution < 1.29 is 5.11 Å². The molecule has 3 nitrogen and oxygen atoms in total. The van der Waals surface area contributed by atoms with E-state index in [-0.39, 0.29) is 5.75 Å². The van der Waals surface area contributed by atoms with Gasteiger partial charge in [-0.1, -0.05) is 23.7 Å². The maximum atomic E-state index is 9.68. The average Bonchev–Trinajstić information content (AvgIpc) is 2.76. The molecule has 2 aromatic carbocycles. The van der Waals surface area contributed by atoms with Gasteiger partial charge in [0.25, 0.3) is 0 Å². The third-order valence-electron chi connectivity index (χ3n) is 3.20. The van der Waals surface area contributed by atoms with Crippen molar-refractivity contribution in [2.24, 2.45) is 0 Å². The number of hydrogen-bond donors (Lipinski definition) is 1. The summed E-state index contributed by atoms with van der Waals surface area (Å²) in [5.74, 6) is 0.282. The number of phenols is 1. The molecule has 96 valence electrons. The van der Waals surface area contributed by atoms with Gasteiger partial charge in [-0.3, -0.25) is 0 Å². The minimum Gasteiger partial charge on any atom is -0.508 e. The van der Waals surface area contributed by atoms with E-state index in [9.17, 15) is 5.11 Å². The first-order chi connectivity index (χ1) is 9.13. The van der Waals surface area contributed by atoms with Crippen LogP contribution in [0.5, 0.6) is 5.75 Å². The van der Waals surface area contributed by atoms with Crippen LogP contribution in [0.4, 0.5) is 0 Å². The van der Waals surface area contributed by atoms with E-state index in [1.807, 2.05) is 37.3 Å². The van der Waals surface area contributed by atoms with Crippen LogP contribution in [0.1, 0.15) is 11.1 Å². The smallest absolute Gasteiger partial charge is 0.120 e. The van der Waals surface area contributed by atoms with Gasteiger partial charge in [0, 0.05) is 17.6 Å². The monoisotopic (exact) mass is 272 g/mol. The van der Waals surface area contributed by atoms with Gasteiger partial charge in [0.15, 0.2) is 0 Å². The first kappa shape index (κ1) is 12.1. The van der Waals surface area contributed by atoms with Gasteiger partial charge in [-0.05, 0) is 36.2 Å². The van der Waals surface area contributed by atoms with E-state index >= 15 is 0 Å². The van der Waals surface area contributed by atoms with Crippen molar-refractivity contribution >= 4 is 22.6 Å². The zero-order valence-corrected chi connectivity index (χ0v) is 11.2. The van der Waals surface area contributed by atoms with Crippen LogP contribution < -0.4 is 0 Å². The van der Waals surface area contributed by atoms with Gasteiger partial charge in [-0.2, -0.15) is 0 Å². The zero-order chi connectivity index (χ0) is 13.4. The zero-order valence-electron chi connectivity index (χ0n) is 10.5. The molecule has 0 aliphatic carbocycles. The normalized spacial score (nSPS) is 11.1. The molecule has 1 heterocycles. The molecule has 0 saturated carbocycles. The Bertz CT molecular complexity index is 732. The van der Waals surface area contributed by atoms with Gasteiger partial charge in [-0.15, -0.1) is 0 Å². The van der Waals surface area contributed by atoms with Crippen LogP contribution in [0, 0.1) is 6.92 Å². The predicted octanol–water partition coefficient (Wildman–Crippen LogP) is 3.75. The fraction of sp³-hybridized carbons (Fsp3) is 0.133. The van der Waals surface area contributed by atoms with Crippen LogP contribution in [-0.4, -0.2) is 14.7 Å². The second kappa shape index (κ2) is 4.59. The van der Waals surface area contributed by atoms with E-state index in [2.05, 4.69) is 9.55 Å². The molecular formula is C15H13ClN2O. The summed E-state index contributed by atoms with van der Waals surface area (Å²) in [4.78, 5) is 4.31. The fourth-order valence-corrected chi connectivity index (χ4v) is 2.24. The van der Waals surface area contributed by atoms with Crippen molar-refractivity contribution in [2.75, 3.05) is 0 Å². The number of nitrogens with zero attached hydrogens (tertiary/aromatic N) is 2. The maximum absolute atomic E-state index is 9.68. The Kier molecular flexibility index (Phi) is 2.91. The highest BCUT2D eigenvalue weighted by Gasteiger charge is 2.06. The third kappa shape index (κ3) is 2.29. The number of aromatic hydroxyl groups is 1. The van der Waals surface area contributed by atoms with Gasteiger partial charge in [0.05, 0.1) is 17.4 Å². The molecule has 3 rings (SSSR count). The average molecular weight is 273 g/mol. The summed E-state index contributed by atoms with van der Waals surface area (Å²) < 4.78 is 2.06. The molecule has 0 atom stereocenters. The highest BCUT2D eigenvalue weighted by Crippen LogP contribution is 2.24. The first-order valence-electron chi connectivity index (χ1n) is 6.02. The van der Waals surface area contributed by atoms with Crippen molar-refractivity contribution in [2.45, 2.75) is 13.5 Å². The van der Waals surface area contributed by atoms with Crippen LogP contribution in [0.3, 0.4) is 0 Å². The van der Waals surface area contributed by atoms with Crippen LogP contribution in [0.2, 0.25) is 5.02 Å². The third-order valence-corrected chi connectivity index (χ3v) is 3.46. The van der Waals surface area contributed by atoms with E-state index < -0.39 is 0 Å². The predicted molar refractivity (Wildman–Crippen MR) is 76.7 cm³/mol. The van der Waals surface area contributed by atoms with Crippen LogP contribution in [0.15, 0.2) is 42.7 Å². The molecule has 4 heteroatoms. The summed E-state index contributed by atoms with van der Waals surface area (Å²) in [6.45, 7) is 2.62. The topological polar surface area (TPSA) is 38.1 Å². The summed E-state index contributed by atoms with van der Waals surface area (Å²) in [7, 11) is 0. The molecule has 0 amide bonds. The van der Waals surface area contributed by atoms with Gasteiger partial charge < -0.3 is 9.67 Å². The molecule has 0 saturated heterocycles. The van der Waals surface area contributed by atoms with E-state index in [4.69, 9.17) is 11.6 Å². The van der Waals surface area contributed by atoms with Gasteiger partial charge in [0.2, 0.25) is 0 Å². The van der Waals surface area contributed by atoms with E-state index in [0.717, 1.165) is 33.7 Å².